The highest BCUT2D eigenvalue weighted by Crippen LogP contribution is 2.17. The molecule has 0 bridgehead atoms. The van der Waals surface area contributed by atoms with Gasteiger partial charge in [-0.15, -0.1) is 0 Å². The Kier molecular flexibility index (Phi) is 8.41. The second-order valence-electron chi connectivity index (χ2n) is 4.61. The van der Waals surface area contributed by atoms with Crippen LogP contribution in [0.1, 0.15) is 26.6 Å². The Bertz CT molecular complexity index is 416. The fraction of sp³-hybridized carbons (Fsp3) is 0.714. The van der Waals surface area contributed by atoms with E-state index in [1.807, 2.05) is 33.1 Å². The van der Waals surface area contributed by atoms with Crippen molar-refractivity contribution < 1.29 is 9.84 Å². The van der Waals surface area contributed by atoms with Crippen LogP contribution >= 0.6 is 11.8 Å². The molecule has 21 heavy (non-hydrogen) atoms. The summed E-state index contributed by atoms with van der Waals surface area (Å²) < 4.78 is 5.38. The van der Waals surface area contributed by atoms with Crippen molar-refractivity contribution in [2.24, 2.45) is 0 Å². The number of aliphatic hydroxyl groups is 1. The molecule has 0 aromatic carbocycles. The topological polar surface area (TPSA) is 79.3 Å². The third kappa shape index (κ3) is 6.07. The molecule has 1 aromatic rings. The van der Waals surface area contributed by atoms with Crippen LogP contribution in [-0.4, -0.2) is 52.4 Å². The van der Waals surface area contributed by atoms with E-state index in [2.05, 4.69) is 20.6 Å². The first-order chi connectivity index (χ1) is 10.1. The molecule has 0 amide bonds. The van der Waals surface area contributed by atoms with Gasteiger partial charge in [-0.05, 0) is 27.0 Å². The number of anilines is 2. The van der Waals surface area contributed by atoms with Crippen molar-refractivity contribution in [3.63, 3.8) is 0 Å². The third-order valence-electron chi connectivity index (χ3n) is 2.98. The van der Waals surface area contributed by atoms with Gasteiger partial charge < -0.3 is 20.5 Å². The number of aromatic nitrogens is 2. The molecule has 0 saturated heterocycles. The molecule has 0 aliphatic heterocycles. The molecule has 1 rings (SSSR count). The number of ether oxygens (including phenoxy) is 1. The monoisotopic (exact) mass is 314 g/mol. The molecule has 0 aliphatic carbocycles. The summed E-state index contributed by atoms with van der Waals surface area (Å²) in [7, 11) is 0. The minimum Gasteiger partial charge on any atom is -0.395 e. The van der Waals surface area contributed by atoms with Crippen LogP contribution in [0.3, 0.4) is 0 Å². The molecule has 1 heterocycles. The number of rotatable bonds is 10. The Balaban J connectivity index is 2.85. The van der Waals surface area contributed by atoms with Gasteiger partial charge in [0.1, 0.15) is 18.2 Å². The molecule has 0 aliphatic rings. The standard InChI is InChI=1S/C14H26N4O2S/c1-5-15-12-7-13(16-10(3)11(8-19)21-4)18-14(17-12)9-20-6-2/h7,10-11,19H,5-6,8-9H2,1-4H3,(H2,15,16,17,18). The van der Waals surface area contributed by atoms with Gasteiger partial charge >= 0.3 is 0 Å². The van der Waals surface area contributed by atoms with Gasteiger partial charge in [0.05, 0.1) is 6.61 Å². The van der Waals surface area contributed by atoms with E-state index in [0.29, 0.717) is 19.0 Å². The van der Waals surface area contributed by atoms with Crippen LogP contribution < -0.4 is 10.6 Å². The normalized spacial score (nSPS) is 13.8. The van der Waals surface area contributed by atoms with E-state index in [1.165, 1.54) is 0 Å². The van der Waals surface area contributed by atoms with Crippen molar-refractivity contribution in [3.8, 4) is 0 Å². The van der Waals surface area contributed by atoms with Crippen LogP contribution in [0, 0.1) is 0 Å². The van der Waals surface area contributed by atoms with Crippen LogP contribution in [-0.2, 0) is 11.3 Å². The molecule has 2 unspecified atom stereocenters. The van der Waals surface area contributed by atoms with Crippen LogP contribution in [0.2, 0.25) is 0 Å². The van der Waals surface area contributed by atoms with Gasteiger partial charge in [0.2, 0.25) is 0 Å². The molecular weight excluding hydrogens is 288 g/mol. The lowest BCUT2D eigenvalue weighted by Gasteiger charge is -2.22. The van der Waals surface area contributed by atoms with Crippen molar-refractivity contribution in [1.82, 2.24) is 9.97 Å². The Hall–Kier alpha value is -1.05. The zero-order chi connectivity index (χ0) is 15.7. The van der Waals surface area contributed by atoms with Crippen molar-refractivity contribution in [3.05, 3.63) is 11.9 Å². The van der Waals surface area contributed by atoms with Gasteiger partial charge in [-0.3, -0.25) is 0 Å². The summed E-state index contributed by atoms with van der Waals surface area (Å²) in [5.41, 5.74) is 0. The van der Waals surface area contributed by atoms with Gasteiger partial charge in [0, 0.05) is 30.5 Å². The Morgan fingerprint density at radius 2 is 2.05 bits per heavy atom. The van der Waals surface area contributed by atoms with E-state index in [-0.39, 0.29) is 17.9 Å². The zero-order valence-corrected chi connectivity index (χ0v) is 14.0. The summed E-state index contributed by atoms with van der Waals surface area (Å²) in [6.45, 7) is 7.96. The number of thioether (sulfide) groups is 1. The first kappa shape index (κ1) is 18.0. The summed E-state index contributed by atoms with van der Waals surface area (Å²) in [6.07, 6.45) is 1.99. The van der Waals surface area contributed by atoms with E-state index >= 15 is 0 Å². The third-order valence-corrected chi connectivity index (χ3v) is 4.14. The van der Waals surface area contributed by atoms with E-state index in [4.69, 9.17) is 4.74 Å². The summed E-state index contributed by atoms with van der Waals surface area (Å²) in [5.74, 6) is 2.17. The first-order valence-corrected chi connectivity index (χ1v) is 8.53. The van der Waals surface area contributed by atoms with Crippen molar-refractivity contribution in [2.75, 3.05) is 36.6 Å². The lowest BCUT2D eigenvalue weighted by molar-refractivity contribution is 0.128. The van der Waals surface area contributed by atoms with E-state index in [9.17, 15) is 5.11 Å². The molecular formula is C14H26N4O2S. The summed E-state index contributed by atoms with van der Waals surface area (Å²) in [5, 5.41) is 16.0. The fourth-order valence-corrected chi connectivity index (χ4v) is 2.49. The molecule has 7 heteroatoms. The van der Waals surface area contributed by atoms with Gasteiger partial charge in [-0.2, -0.15) is 11.8 Å². The van der Waals surface area contributed by atoms with Crippen molar-refractivity contribution in [1.29, 1.82) is 0 Å². The Morgan fingerprint density at radius 3 is 2.62 bits per heavy atom. The van der Waals surface area contributed by atoms with Gasteiger partial charge in [-0.25, -0.2) is 9.97 Å². The van der Waals surface area contributed by atoms with E-state index in [1.54, 1.807) is 11.8 Å². The van der Waals surface area contributed by atoms with Crippen molar-refractivity contribution >= 4 is 23.4 Å². The number of hydrogen-bond donors (Lipinski definition) is 3. The largest absolute Gasteiger partial charge is 0.395 e. The molecule has 0 fully saturated rings. The second-order valence-corrected chi connectivity index (χ2v) is 5.69. The molecule has 0 radical (unpaired) electrons. The van der Waals surface area contributed by atoms with E-state index < -0.39 is 0 Å². The van der Waals surface area contributed by atoms with Crippen LogP contribution in [0.15, 0.2) is 6.07 Å². The molecule has 120 valence electrons. The van der Waals surface area contributed by atoms with Crippen LogP contribution in [0.4, 0.5) is 11.6 Å². The highest BCUT2D eigenvalue weighted by molar-refractivity contribution is 7.99. The SMILES string of the molecule is CCNc1cc(NC(C)C(CO)SC)nc(COCC)n1. The molecule has 0 saturated carbocycles. The van der Waals surface area contributed by atoms with Crippen LogP contribution in [0.25, 0.3) is 0 Å². The number of aliphatic hydroxyl groups excluding tert-OH is 1. The molecule has 6 nitrogen and oxygen atoms in total. The average Bonchev–Trinajstić information content (AvgIpc) is 2.46. The minimum absolute atomic E-state index is 0.106. The number of hydrogen-bond acceptors (Lipinski definition) is 7. The molecule has 2 atom stereocenters. The van der Waals surface area contributed by atoms with Gasteiger partial charge in [0.15, 0.2) is 5.82 Å². The zero-order valence-electron chi connectivity index (χ0n) is 13.2. The highest BCUT2D eigenvalue weighted by Gasteiger charge is 2.16. The maximum atomic E-state index is 9.36. The predicted molar refractivity (Wildman–Crippen MR) is 89.0 cm³/mol. The summed E-state index contributed by atoms with van der Waals surface area (Å²) >= 11 is 1.63. The Labute approximate surface area is 131 Å². The molecule has 3 N–H and O–H groups in total. The number of nitrogens with zero attached hydrogens (tertiary/aromatic N) is 2. The quantitative estimate of drug-likeness (QED) is 0.609. The Morgan fingerprint density at radius 1 is 1.33 bits per heavy atom. The lowest BCUT2D eigenvalue weighted by Crippen LogP contribution is -2.31. The maximum Gasteiger partial charge on any atom is 0.158 e. The second kappa shape index (κ2) is 9.81. The van der Waals surface area contributed by atoms with E-state index in [0.717, 1.165) is 18.2 Å². The summed E-state index contributed by atoms with van der Waals surface area (Å²) in [6, 6.07) is 1.99. The fourth-order valence-electron chi connectivity index (χ4n) is 1.86. The number of nitrogens with one attached hydrogen (secondary N) is 2. The smallest absolute Gasteiger partial charge is 0.158 e. The average molecular weight is 314 g/mol. The maximum absolute atomic E-state index is 9.36. The molecule has 1 aromatic heterocycles. The molecule has 0 spiro atoms. The van der Waals surface area contributed by atoms with Gasteiger partial charge in [0.25, 0.3) is 0 Å². The highest BCUT2D eigenvalue weighted by atomic mass is 32.2. The first-order valence-electron chi connectivity index (χ1n) is 7.24. The van der Waals surface area contributed by atoms with Gasteiger partial charge in [-0.1, -0.05) is 0 Å². The minimum atomic E-state index is 0.106. The van der Waals surface area contributed by atoms with Crippen molar-refractivity contribution in [2.45, 2.75) is 38.7 Å². The summed E-state index contributed by atoms with van der Waals surface area (Å²) in [4.78, 5) is 8.88. The predicted octanol–water partition coefficient (Wildman–Crippen LogP) is 1.97. The van der Waals surface area contributed by atoms with Crippen LogP contribution in [0.5, 0.6) is 0 Å². The lowest BCUT2D eigenvalue weighted by atomic mass is 10.2.